The van der Waals surface area contributed by atoms with E-state index < -0.39 is 11.8 Å². The number of halogens is 1. The van der Waals surface area contributed by atoms with Crippen LogP contribution in [0, 0.1) is 0 Å². The molecule has 0 aliphatic carbocycles. The zero-order chi connectivity index (χ0) is 10.1. The quantitative estimate of drug-likeness (QED) is 0.745. The SMILES string of the molecule is CC(O)c1ccc(C(C)(C)F)cc1. The molecule has 0 fully saturated rings. The molecule has 0 radical (unpaired) electrons. The predicted molar refractivity (Wildman–Crippen MR) is 51.2 cm³/mol. The topological polar surface area (TPSA) is 20.2 Å². The molecule has 0 aromatic heterocycles. The average Bonchev–Trinajstić information content (AvgIpc) is 2.03. The van der Waals surface area contributed by atoms with Gasteiger partial charge in [-0.3, -0.25) is 0 Å². The molecule has 0 amide bonds. The molecular formula is C11H15FO. The molecule has 1 rings (SSSR count). The fourth-order valence-corrected chi connectivity index (χ4v) is 1.16. The summed E-state index contributed by atoms with van der Waals surface area (Å²) in [7, 11) is 0. The molecule has 0 bridgehead atoms. The van der Waals surface area contributed by atoms with E-state index >= 15 is 0 Å². The highest BCUT2D eigenvalue weighted by Gasteiger charge is 2.18. The average molecular weight is 182 g/mol. The van der Waals surface area contributed by atoms with Crippen LogP contribution >= 0.6 is 0 Å². The second-order valence-corrected chi connectivity index (χ2v) is 3.77. The summed E-state index contributed by atoms with van der Waals surface area (Å²) in [6.45, 7) is 4.73. The van der Waals surface area contributed by atoms with E-state index in [1.165, 1.54) is 13.8 Å². The Morgan fingerprint density at radius 2 is 1.69 bits per heavy atom. The standard InChI is InChI=1S/C11H15FO/c1-8(13)9-4-6-10(7-5-9)11(2,3)12/h4-8,13H,1-3H3. The molecule has 2 heteroatoms. The van der Waals surface area contributed by atoms with Gasteiger partial charge in [0.2, 0.25) is 0 Å². The highest BCUT2D eigenvalue weighted by Crippen LogP contribution is 2.25. The van der Waals surface area contributed by atoms with Crippen LogP contribution < -0.4 is 0 Å². The van der Waals surface area contributed by atoms with Gasteiger partial charge < -0.3 is 5.11 Å². The van der Waals surface area contributed by atoms with Crippen molar-refractivity contribution in [1.82, 2.24) is 0 Å². The summed E-state index contributed by atoms with van der Waals surface area (Å²) in [5.74, 6) is 0. The zero-order valence-corrected chi connectivity index (χ0v) is 8.21. The highest BCUT2D eigenvalue weighted by molar-refractivity contribution is 5.27. The maximum Gasteiger partial charge on any atom is 0.130 e. The predicted octanol–water partition coefficient (Wildman–Crippen LogP) is 2.94. The number of hydrogen-bond acceptors (Lipinski definition) is 1. The van der Waals surface area contributed by atoms with Gasteiger partial charge in [-0.05, 0) is 31.9 Å². The molecule has 1 aromatic carbocycles. The molecule has 1 nitrogen and oxygen atoms in total. The first kappa shape index (κ1) is 10.2. The van der Waals surface area contributed by atoms with Gasteiger partial charge in [0.1, 0.15) is 5.67 Å². The molecule has 1 aromatic rings. The van der Waals surface area contributed by atoms with Gasteiger partial charge in [-0.1, -0.05) is 24.3 Å². The summed E-state index contributed by atoms with van der Waals surface area (Å²) in [6.07, 6.45) is -0.489. The second kappa shape index (κ2) is 3.46. The summed E-state index contributed by atoms with van der Waals surface area (Å²) in [4.78, 5) is 0. The van der Waals surface area contributed by atoms with E-state index in [-0.39, 0.29) is 0 Å². The first-order valence-electron chi connectivity index (χ1n) is 4.38. The molecule has 0 saturated carbocycles. The van der Waals surface area contributed by atoms with Gasteiger partial charge in [0.15, 0.2) is 0 Å². The number of aliphatic hydroxyl groups excluding tert-OH is 1. The van der Waals surface area contributed by atoms with Gasteiger partial charge in [0, 0.05) is 0 Å². The maximum absolute atomic E-state index is 13.4. The van der Waals surface area contributed by atoms with Crippen LogP contribution in [0.1, 0.15) is 38.0 Å². The lowest BCUT2D eigenvalue weighted by Gasteiger charge is -2.15. The van der Waals surface area contributed by atoms with Gasteiger partial charge in [0.25, 0.3) is 0 Å². The maximum atomic E-state index is 13.4. The normalized spacial score (nSPS) is 14.2. The third kappa shape index (κ3) is 2.52. The molecule has 0 aliphatic rings. The van der Waals surface area contributed by atoms with Crippen LogP contribution in [0.4, 0.5) is 4.39 Å². The molecule has 1 N–H and O–H groups in total. The molecule has 1 unspecified atom stereocenters. The van der Waals surface area contributed by atoms with E-state index in [0.29, 0.717) is 5.56 Å². The summed E-state index contributed by atoms with van der Waals surface area (Å²) in [5.41, 5.74) is 0.141. The number of rotatable bonds is 2. The van der Waals surface area contributed by atoms with E-state index in [2.05, 4.69) is 0 Å². The van der Waals surface area contributed by atoms with Crippen molar-refractivity contribution in [3.63, 3.8) is 0 Å². The molecule has 0 aliphatic heterocycles. The molecule has 0 saturated heterocycles. The summed E-state index contributed by atoms with van der Waals surface area (Å²) >= 11 is 0. The Hall–Kier alpha value is -0.890. The van der Waals surface area contributed by atoms with Crippen LogP contribution in [0.3, 0.4) is 0 Å². The van der Waals surface area contributed by atoms with E-state index in [9.17, 15) is 9.50 Å². The summed E-state index contributed by atoms with van der Waals surface area (Å²) in [5, 5.41) is 9.22. The monoisotopic (exact) mass is 182 g/mol. The molecular weight excluding hydrogens is 167 g/mol. The number of hydrogen-bond donors (Lipinski definition) is 1. The third-order valence-corrected chi connectivity index (χ3v) is 2.08. The summed E-state index contributed by atoms with van der Waals surface area (Å²) in [6, 6.07) is 6.92. The van der Waals surface area contributed by atoms with Crippen molar-refractivity contribution in [3.05, 3.63) is 35.4 Å². The molecule has 0 spiro atoms. The molecule has 0 heterocycles. The zero-order valence-electron chi connectivity index (χ0n) is 8.21. The Morgan fingerprint density at radius 1 is 1.23 bits per heavy atom. The van der Waals surface area contributed by atoms with Crippen molar-refractivity contribution in [2.45, 2.75) is 32.5 Å². The Balaban J connectivity index is 2.94. The molecule has 72 valence electrons. The Labute approximate surface area is 78.2 Å². The Bertz CT molecular complexity index is 269. The fraction of sp³-hybridized carbons (Fsp3) is 0.455. The number of benzene rings is 1. The van der Waals surface area contributed by atoms with Crippen molar-refractivity contribution in [3.8, 4) is 0 Å². The highest BCUT2D eigenvalue weighted by atomic mass is 19.1. The van der Waals surface area contributed by atoms with Crippen LogP contribution in [-0.2, 0) is 5.67 Å². The van der Waals surface area contributed by atoms with Crippen molar-refractivity contribution in [2.24, 2.45) is 0 Å². The van der Waals surface area contributed by atoms with Gasteiger partial charge in [0.05, 0.1) is 6.10 Å². The van der Waals surface area contributed by atoms with Crippen LogP contribution in [0.5, 0.6) is 0 Å². The van der Waals surface area contributed by atoms with Crippen molar-refractivity contribution < 1.29 is 9.50 Å². The van der Waals surface area contributed by atoms with Gasteiger partial charge in [-0.2, -0.15) is 0 Å². The minimum absolute atomic E-state index is 0.489. The number of alkyl halides is 1. The fourth-order valence-electron chi connectivity index (χ4n) is 1.16. The van der Waals surface area contributed by atoms with E-state index in [1.807, 2.05) is 0 Å². The van der Waals surface area contributed by atoms with Crippen molar-refractivity contribution in [2.75, 3.05) is 0 Å². The Kier molecular flexibility index (Phi) is 2.71. The lowest BCUT2D eigenvalue weighted by Crippen LogP contribution is -2.08. The van der Waals surface area contributed by atoms with Gasteiger partial charge >= 0.3 is 0 Å². The first-order chi connectivity index (χ1) is 5.91. The summed E-state index contributed by atoms with van der Waals surface area (Å²) < 4.78 is 13.4. The smallest absolute Gasteiger partial charge is 0.130 e. The number of aliphatic hydroxyl groups is 1. The third-order valence-electron chi connectivity index (χ3n) is 2.08. The van der Waals surface area contributed by atoms with Crippen molar-refractivity contribution in [1.29, 1.82) is 0 Å². The van der Waals surface area contributed by atoms with Crippen LogP contribution in [0.25, 0.3) is 0 Å². The van der Waals surface area contributed by atoms with Crippen LogP contribution in [-0.4, -0.2) is 5.11 Å². The lowest BCUT2D eigenvalue weighted by molar-refractivity contribution is 0.198. The van der Waals surface area contributed by atoms with Crippen LogP contribution in [0.2, 0.25) is 0 Å². The first-order valence-corrected chi connectivity index (χ1v) is 4.38. The van der Waals surface area contributed by atoms with Crippen molar-refractivity contribution >= 4 is 0 Å². The van der Waals surface area contributed by atoms with Gasteiger partial charge in [-0.25, -0.2) is 4.39 Å². The molecule has 13 heavy (non-hydrogen) atoms. The Morgan fingerprint density at radius 3 is 2.00 bits per heavy atom. The lowest BCUT2D eigenvalue weighted by atomic mass is 9.98. The minimum atomic E-state index is -1.31. The van der Waals surface area contributed by atoms with E-state index in [4.69, 9.17) is 0 Å². The second-order valence-electron chi connectivity index (χ2n) is 3.77. The van der Waals surface area contributed by atoms with Gasteiger partial charge in [-0.15, -0.1) is 0 Å². The largest absolute Gasteiger partial charge is 0.389 e. The molecule has 1 atom stereocenters. The van der Waals surface area contributed by atoms with E-state index in [0.717, 1.165) is 5.56 Å². The van der Waals surface area contributed by atoms with E-state index in [1.54, 1.807) is 31.2 Å². The minimum Gasteiger partial charge on any atom is -0.389 e. The van der Waals surface area contributed by atoms with Crippen LogP contribution in [0.15, 0.2) is 24.3 Å².